The number of thiophene rings is 1. The molecule has 0 spiro atoms. The molecule has 1 N–H and O–H groups in total. The molecule has 0 radical (unpaired) electrons. The van der Waals surface area contributed by atoms with Gasteiger partial charge in [-0.25, -0.2) is 0 Å². The summed E-state index contributed by atoms with van der Waals surface area (Å²) in [6.07, 6.45) is 5.40. The van der Waals surface area contributed by atoms with Crippen LogP contribution in [0.25, 0.3) is 0 Å². The van der Waals surface area contributed by atoms with Crippen molar-refractivity contribution in [2.24, 2.45) is 17.8 Å². The van der Waals surface area contributed by atoms with E-state index in [-0.39, 0.29) is 0 Å². The lowest BCUT2D eigenvalue weighted by Gasteiger charge is -2.37. The number of hydrogen-bond donors (Lipinski definition) is 1. The molecule has 1 aliphatic rings. The van der Waals surface area contributed by atoms with Gasteiger partial charge >= 0.3 is 0 Å². The summed E-state index contributed by atoms with van der Waals surface area (Å²) in [5.74, 6) is 2.61. The van der Waals surface area contributed by atoms with E-state index in [1.807, 2.05) is 11.3 Å². The van der Waals surface area contributed by atoms with Gasteiger partial charge in [-0.2, -0.15) is 11.3 Å². The first-order valence-corrected chi connectivity index (χ1v) is 8.83. The van der Waals surface area contributed by atoms with Gasteiger partial charge in [0.1, 0.15) is 0 Å². The fourth-order valence-electron chi connectivity index (χ4n) is 3.41. The minimum atomic E-state index is 0.584. The van der Waals surface area contributed by atoms with Crippen LogP contribution in [0.5, 0.6) is 0 Å². The minimum absolute atomic E-state index is 0.584. The van der Waals surface area contributed by atoms with Crippen LogP contribution in [0, 0.1) is 24.7 Å². The molecule has 0 saturated heterocycles. The van der Waals surface area contributed by atoms with E-state index in [4.69, 9.17) is 0 Å². The monoisotopic (exact) mass is 279 g/mol. The Morgan fingerprint density at radius 2 is 2.05 bits per heavy atom. The maximum Gasteiger partial charge on any atom is 0.0359 e. The van der Waals surface area contributed by atoms with Crippen molar-refractivity contribution in [3.05, 3.63) is 21.9 Å². The maximum atomic E-state index is 3.82. The highest BCUT2D eigenvalue weighted by Crippen LogP contribution is 2.41. The molecule has 2 heteroatoms. The first-order valence-electron chi connectivity index (χ1n) is 7.89. The van der Waals surface area contributed by atoms with E-state index in [1.165, 1.54) is 31.2 Å². The van der Waals surface area contributed by atoms with Crippen LogP contribution in [0.2, 0.25) is 0 Å². The Morgan fingerprint density at radius 1 is 1.26 bits per heavy atom. The molecule has 1 aliphatic carbocycles. The van der Waals surface area contributed by atoms with Crippen LogP contribution in [0.15, 0.2) is 10.8 Å². The van der Waals surface area contributed by atoms with E-state index >= 15 is 0 Å². The number of aryl methyl sites for hydroxylation is 1. The average Bonchev–Trinajstić information content (AvgIpc) is 2.80. The van der Waals surface area contributed by atoms with Crippen LogP contribution >= 0.6 is 11.3 Å². The second-order valence-corrected chi connectivity index (χ2v) is 7.21. The summed E-state index contributed by atoms with van der Waals surface area (Å²) in [5, 5.41) is 8.49. The molecule has 1 fully saturated rings. The molecule has 19 heavy (non-hydrogen) atoms. The second kappa shape index (κ2) is 6.90. The standard InChI is InChI=1S/C17H29NS/c1-5-8-18-17(16-11-19-10-14(16)4)15-7-6-12(2)13(3)9-15/h10-13,15,17-18H,5-9H2,1-4H3. The first-order chi connectivity index (χ1) is 9.13. The van der Waals surface area contributed by atoms with Crippen molar-refractivity contribution in [1.29, 1.82) is 0 Å². The van der Waals surface area contributed by atoms with E-state index in [0.717, 1.165) is 24.3 Å². The minimum Gasteiger partial charge on any atom is -0.310 e. The Labute approximate surface area is 122 Å². The van der Waals surface area contributed by atoms with Gasteiger partial charge in [0, 0.05) is 6.04 Å². The van der Waals surface area contributed by atoms with Gasteiger partial charge in [0.25, 0.3) is 0 Å². The van der Waals surface area contributed by atoms with Gasteiger partial charge in [0.05, 0.1) is 0 Å². The summed E-state index contributed by atoms with van der Waals surface area (Å²) < 4.78 is 0. The number of nitrogens with one attached hydrogen (secondary N) is 1. The number of rotatable bonds is 5. The van der Waals surface area contributed by atoms with Crippen molar-refractivity contribution in [2.45, 2.75) is 59.4 Å². The van der Waals surface area contributed by atoms with E-state index in [2.05, 4.69) is 43.8 Å². The van der Waals surface area contributed by atoms with Crippen molar-refractivity contribution in [3.8, 4) is 0 Å². The van der Waals surface area contributed by atoms with Gasteiger partial charge in [-0.05, 0) is 72.4 Å². The van der Waals surface area contributed by atoms with Gasteiger partial charge in [-0.1, -0.05) is 27.2 Å². The van der Waals surface area contributed by atoms with Crippen molar-refractivity contribution in [2.75, 3.05) is 6.54 Å². The Morgan fingerprint density at radius 3 is 2.63 bits per heavy atom. The lowest BCUT2D eigenvalue weighted by molar-refractivity contribution is 0.171. The summed E-state index contributed by atoms with van der Waals surface area (Å²) in [4.78, 5) is 0. The summed E-state index contributed by atoms with van der Waals surface area (Å²) >= 11 is 1.85. The predicted octanol–water partition coefficient (Wildman–Crippen LogP) is 5.17. The molecule has 2 rings (SSSR count). The van der Waals surface area contributed by atoms with Crippen molar-refractivity contribution >= 4 is 11.3 Å². The van der Waals surface area contributed by atoms with Crippen molar-refractivity contribution in [3.63, 3.8) is 0 Å². The molecule has 1 nitrogen and oxygen atoms in total. The van der Waals surface area contributed by atoms with Crippen LogP contribution in [-0.2, 0) is 0 Å². The molecule has 4 atom stereocenters. The third kappa shape index (κ3) is 3.61. The molecule has 4 unspecified atom stereocenters. The van der Waals surface area contributed by atoms with Crippen LogP contribution < -0.4 is 5.32 Å². The first kappa shape index (κ1) is 15.1. The third-order valence-electron chi connectivity index (χ3n) is 4.95. The molecule has 0 aliphatic heterocycles. The van der Waals surface area contributed by atoms with Crippen molar-refractivity contribution in [1.82, 2.24) is 5.32 Å². The molecule has 108 valence electrons. The van der Waals surface area contributed by atoms with E-state index < -0.39 is 0 Å². The van der Waals surface area contributed by atoms with Crippen molar-refractivity contribution < 1.29 is 0 Å². The van der Waals surface area contributed by atoms with Crippen LogP contribution in [0.3, 0.4) is 0 Å². The molecule has 1 heterocycles. The summed E-state index contributed by atoms with van der Waals surface area (Å²) in [6.45, 7) is 10.5. The molecular weight excluding hydrogens is 250 g/mol. The van der Waals surface area contributed by atoms with E-state index in [1.54, 1.807) is 5.56 Å². The Bertz CT molecular complexity index is 384. The lowest BCUT2D eigenvalue weighted by atomic mass is 9.72. The molecule has 1 aromatic rings. The topological polar surface area (TPSA) is 12.0 Å². The van der Waals surface area contributed by atoms with Gasteiger partial charge in [0.15, 0.2) is 0 Å². The normalized spacial score (nSPS) is 29.4. The predicted molar refractivity (Wildman–Crippen MR) is 85.8 cm³/mol. The van der Waals surface area contributed by atoms with E-state index in [0.29, 0.717) is 6.04 Å². The smallest absolute Gasteiger partial charge is 0.0359 e. The Hall–Kier alpha value is -0.340. The van der Waals surface area contributed by atoms with Crippen LogP contribution in [0.1, 0.15) is 63.6 Å². The third-order valence-corrected chi connectivity index (χ3v) is 5.83. The second-order valence-electron chi connectivity index (χ2n) is 6.47. The zero-order valence-corrected chi connectivity index (χ0v) is 13.7. The summed E-state index contributed by atoms with van der Waals surface area (Å²) in [7, 11) is 0. The molecular formula is C17H29NS. The lowest BCUT2D eigenvalue weighted by Crippen LogP contribution is -2.33. The average molecular weight is 279 g/mol. The number of hydrogen-bond acceptors (Lipinski definition) is 2. The summed E-state index contributed by atoms with van der Waals surface area (Å²) in [6, 6.07) is 0.584. The summed E-state index contributed by atoms with van der Waals surface area (Å²) in [5.41, 5.74) is 3.04. The van der Waals surface area contributed by atoms with Gasteiger partial charge in [-0.3, -0.25) is 0 Å². The highest BCUT2D eigenvalue weighted by molar-refractivity contribution is 7.08. The highest BCUT2D eigenvalue weighted by Gasteiger charge is 2.31. The zero-order valence-electron chi connectivity index (χ0n) is 12.9. The molecule has 1 aromatic heterocycles. The van der Waals surface area contributed by atoms with Crippen LogP contribution in [0.4, 0.5) is 0 Å². The van der Waals surface area contributed by atoms with Gasteiger partial charge in [0.2, 0.25) is 0 Å². The SMILES string of the molecule is CCCNC(c1cscc1C)C1CCC(C)C(C)C1. The fraction of sp³-hybridized carbons (Fsp3) is 0.765. The Balaban J connectivity index is 2.11. The quantitative estimate of drug-likeness (QED) is 0.784. The largest absolute Gasteiger partial charge is 0.310 e. The molecule has 0 bridgehead atoms. The highest BCUT2D eigenvalue weighted by atomic mass is 32.1. The van der Waals surface area contributed by atoms with Gasteiger partial charge in [-0.15, -0.1) is 0 Å². The van der Waals surface area contributed by atoms with Crippen LogP contribution in [-0.4, -0.2) is 6.54 Å². The zero-order chi connectivity index (χ0) is 13.8. The maximum absolute atomic E-state index is 3.82. The van der Waals surface area contributed by atoms with E-state index in [9.17, 15) is 0 Å². The Kier molecular flexibility index (Phi) is 5.47. The molecule has 1 saturated carbocycles. The molecule has 0 aromatic carbocycles. The van der Waals surface area contributed by atoms with Gasteiger partial charge < -0.3 is 5.32 Å². The fourth-order valence-corrected chi connectivity index (χ4v) is 4.30. The molecule has 0 amide bonds.